The molecule has 0 saturated carbocycles. The number of ketones is 1. The maximum atomic E-state index is 11.4. The lowest BCUT2D eigenvalue weighted by molar-refractivity contribution is 0.0996. The molecule has 0 heterocycles. The van der Waals surface area contributed by atoms with Crippen molar-refractivity contribution in [2.75, 3.05) is 6.54 Å². The van der Waals surface area contributed by atoms with E-state index in [0.29, 0.717) is 12.0 Å². The maximum absolute atomic E-state index is 11.4. The molecule has 82 valence electrons. The lowest BCUT2D eigenvalue weighted by atomic mass is 10.0. The highest BCUT2D eigenvalue weighted by Crippen LogP contribution is 2.31. The third-order valence-corrected chi connectivity index (χ3v) is 2.22. The van der Waals surface area contributed by atoms with Crippen LogP contribution in [0, 0.1) is 0 Å². The quantitative estimate of drug-likeness (QED) is 0.650. The predicted octanol–water partition coefficient (Wildman–Crippen LogP) is 1.19. The van der Waals surface area contributed by atoms with E-state index >= 15 is 0 Å². The first-order valence-electron chi connectivity index (χ1n) is 4.88. The second-order valence-corrected chi connectivity index (χ2v) is 3.34. The van der Waals surface area contributed by atoms with Crippen molar-refractivity contribution in [2.45, 2.75) is 19.8 Å². The van der Waals surface area contributed by atoms with Gasteiger partial charge in [-0.3, -0.25) is 4.79 Å². The molecule has 0 aliphatic rings. The first-order valence-corrected chi connectivity index (χ1v) is 4.88. The summed E-state index contributed by atoms with van der Waals surface area (Å²) in [6.45, 7) is 1.74. The van der Waals surface area contributed by atoms with Gasteiger partial charge in [-0.2, -0.15) is 0 Å². The molecule has 1 rings (SSSR count). The van der Waals surface area contributed by atoms with Gasteiger partial charge in [0.1, 0.15) is 17.1 Å². The molecule has 4 heteroatoms. The minimum absolute atomic E-state index is 0.0662. The summed E-state index contributed by atoms with van der Waals surface area (Å²) in [6, 6.07) is 3.02. The third kappa shape index (κ3) is 2.27. The fourth-order valence-electron chi connectivity index (χ4n) is 1.47. The zero-order valence-electron chi connectivity index (χ0n) is 8.66. The Labute approximate surface area is 88.3 Å². The van der Waals surface area contributed by atoms with Gasteiger partial charge in [-0.1, -0.05) is 19.4 Å². The van der Waals surface area contributed by atoms with E-state index in [2.05, 4.69) is 0 Å². The number of phenolic OH excluding ortho intramolecular Hbond substituents is 2. The van der Waals surface area contributed by atoms with Gasteiger partial charge in [-0.15, -0.1) is 0 Å². The smallest absolute Gasteiger partial charge is 0.183 e. The summed E-state index contributed by atoms with van der Waals surface area (Å²) in [7, 11) is 0. The number of rotatable bonds is 4. The normalized spacial score (nSPS) is 10.3. The summed E-state index contributed by atoms with van der Waals surface area (Å²) in [4.78, 5) is 11.4. The molecule has 0 radical (unpaired) electrons. The average molecular weight is 209 g/mol. The first-order chi connectivity index (χ1) is 7.11. The van der Waals surface area contributed by atoms with Crippen LogP contribution >= 0.6 is 0 Å². The van der Waals surface area contributed by atoms with Crippen LogP contribution in [0.3, 0.4) is 0 Å². The summed E-state index contributed by atoms with van der Waals surface area (Å²) in [5.74, 6) is -0.821. The fraction of sp³-hybridized carbons (Fsp3) is 0.364. The number of phenols is 2. The third-order valence-electron chi connectivity index (χ3n) is 2.22. The molecule has 0 saturated heterocycles. The molecule has 4 N–H and O–H groups in total. The summed E-state index contributed by atoms with van der Waals surface area (Å²) < 4.78 is 0. The Kier molecular flexibility index (Phi) is 3.68. The number of hydrogen-bond donors (Lipinski definition) is 3. The van der Waals surface area contributed by atoms with Crippen LogP contribution in [0.15, 0.2) is 12.1 Å². The van der Waals surface area contributed by atoms with Crippen LogP contribution in [-0.4, -0.2) is 22.5 Å². The molecule has 0 unspecified atom stereocenters. The highest BCUT2D eigenvalue weighted by molar-refractivity contribution is 6.02. The van der Waals surface area contributed by atoms with E-state index in [1.165, 1.54) is 6.07 Å². The molecular weight excluding hydrogens is 194 g/mol. The van der Waals surface area contributed by atoms with E-state index in [-0.39, 0.29) is 23.6 Å². The second kappa shape index (κ2) is 4.79. The fourth-order valence-corrected chi connectivity index (χ4v) is 1.47. The number of benzene rings is 1. The highest BCUT2D eigenvalue weighted by Gasteiger charge is 2.17. The Morgan fingerprint density at radius 2 is 2.07 bits per heavy atom. The highest BCUT2D eigenvalue weighted by atomic mass is 16.3. The van der Waals surface area contributed by atoms with Gasteiger partial charge in [-0.05, 0) is 18.1 Å². The van der Waals surface area contributed by atoms with Crippen LogP contribution in [-0.2, 0) is 6.42 Å². The molecule has 0 aliphatic heterocycles. The number of carbonyl (C=O) groups excluding carboxylic acids is 1. The Morgan fingerprint density at radius 1 is 1.40 bits per heavy atom. The van der Waals surface area contributed by atoms with Crippen molar-refractivity contribution in [1.29, 1.82) is 0 Å². The predicted molar refractivity (Wildman–Crippen MR) is 57.2 cm³/mol. The number of aromatic hydroxyl groups is 2. The number of Topliss-reactive ketones (excluding diaryl/α,β-unsaturated/α-hetero) is 1. The monoisotopic (exact) mass is 209 g/mol. The summed E-state index contributed by atoms with van der Waals surface area (Å²) in [5, 5.41) is 19.2. The molecule has 0 bridgehead atoms. The molecular formula is C11H15NO3. The summed E-state index contributed by atoms with van der Waals surface area (Å²) in [6.07, 6.45) is 1.52. The van der Waals surface area contributed by atoms with E-state index in [4.69, 9.17) is 5.73 Å². The standard InChI is InChI=1S/C11H15NO3/c1-2-3-7-4-5-8(13)10(11(7)15)9(14)6-12/h4-5,13,15H,2-3,6,12H2,1H3. The minimum atomic E-state index is -0.456. The van der Waals surface area contributed by atoms with Crippen LogP contribution < -0.4 is 5.73 Å². The van der Waals surface area contributed by atoms with Crippen molar-refractivity contribution in [3.8, 4) is 11.5 Å². The lowest BCUT2D eigenvalue weighted by Crippen LogP contribution is -2.14. The van der Waals surface area contributed by atoms with Crippen molar-refractivity contribution in [3.05, 3.63) is 23.3 Å². The van der Waals surface area contributed by atoms with Gasteiger partial charge in [0.2, 0.25) is 0 Å². The maximum Gasteiger partial charge on any atom is 0.183 e. The van der Waals surface area contributed by atoms with Crippen molar-refractivity contribution in [3.63, 3.8) is 0 Å². The minimum Gasteiger partial charge on any atom is -0.507 e. The van der Waals surface area contributed by atoms with Crippen LogP contribution in [0.2, 0.25) is 0 Å². The number of carbonyl (C=O) groups is 1. The van der Waals surface area contributed by atoms with Crippen molar-refractivity contribution in [1.82, 2.24) is 0 Å². The van der Waals surface area contributed by atoms with Gasteiger partial charge in [0, 0.05) is 0 Å². The molecule has 0 spiro atoms. The lowest BCUT2D eigenvalue weighted by Gasteiger charge is -2.09. The number of aryl methyl sites for hydroxylation is 1. The van der Waals surface area contributed by atoms with Crippen molar-refractivity contribution < 1.29 is 15.0 Å². The topological polar surface area (TPSA) is 83.5 Å². The molecule has 4 nitrogen and oxygen atoms in total. The summed E-state index contributed by atoms with van der Waals surface area (Å²) >= 11 is 0. The SMILES string of the molecule is CCCc1ccc(O)c(C(=O)CN)c1O. The van der Waals surface area contributed by atoms with Crippen LogP contribution in [0.5, 0.6) is 11.5 Å². The first kappa shape index (κ1) is 11.5. The number of hydrogen-bond acceptors (Lipinski definition) is 4. The van der Waals surface area contributed by atoms with Gasteiger partial charge in [0.15, 0.2) is 5.78 Å². The molecule has 0 atom stereocenters. The largest absolute Gasteiger partial charge is 0.507 e. The van der Waals surface area contributed by atoms with Crippen molar-refractivity contribution in [2.24, 2.45) is 5.73 Å². The Balaban J connectivity index is 3.23. The van der Waals surface area contributed by atoms with E-state index in [1.807, 2.05) is 6.92 Å². The van der Waals surface area contributed by atoms with Gasteiger partial charge >= 0.3 is 0 Å². The van der Waals surface area contributed by atoms with Gasteiger partial charge in [0.25, 0.3) is 0 Å². The average Bonchev–Trinajstić information content (AvgIpc) is 2.22. The summed E-state index contributed by atoms with van der Waals surface area (Å²) in [5.41, 5.74) is 5.79. The van der Waals surface area contributed by atoms with E-state index in [0.717, 1.165) is 6.42 Å². The van der Waals surface area contributed by atoms with Gasteiger partial charge in [0.05, 0.1) is 6.54 Å². The molecule has 1 aromatic rings. The molecule has 15 heavy (non-hydrogen) atoms. The zero-order valence-corrected chi connectivity index (χ0v) is 8.66. The van der Waals surface area contributed by atoms with Crippen LogP contribution in [0.4, 0.5) is 0 Å². The Morgan fingerprint density at radius 3 is 2.60 bits per heavy atom. The van der Waals surface area contributed by atoms with Gasteiger partial charge < -0.3 is 15.9 Å². The molecule has 1 aromatic carbocycles. The van der Waals surface area contributed by atoms with E-state index in [1.54, 1.807) is 6.07 Å². The van der Waals surface area contributed by atoms with Crippen LogP contribution in [0.1, 0.15) is 29.3 Å². The zero-order chi connectivity index (χ0) is 11.4. The molecule has 0 aromatic heterocycles. The molecule has 0 fully saturated rings. The van der Waals surface area contributed by atoms with Gasteiger partial charge in [-0.25, -0.2) is 0 Å². The van der Waals surface area contributed by atoms with E-state index < -0.39 is 5.78 Å². The number of nitrogens with two attached hydrogens (primary N) is 1. The Bertz CT molecular complexity index is 374. The molecule has 0 amide bonds. The molecule has 0 aliphatic carbocycles. The second-order valence-electron chi connectivity index (χ2n) is 3.34. The van der Waals surface area contributed by atoms with E-state index in [9.17, 15) is 15.0 Å². The van der Waals surface area contributed by atoms with Crippen molar-refractivity contribution >= 4 is 5.78 Å². The Hall–Kier alpha value is -1.55. The van der Waals surface area contributed by atoms with Crippen LogP contribution in [0.25, 0.3) is 0 Å².